The lowest BCUT2D eigenvalue weighted by molar-refractivity contribution is 0.140. The van der Waals surface area contributed by atoms with E-state index >= 15 is 0 Å². The van der Waals surface area contributed by atoms with Gasteiger partial charge in [0.05, 0.1) is 0 Å². The van der Waals surface area contributed by atoms with Gasteiger partial charge in [0.2, 0.25) is 0 Å². The van der Waals surface area contributed by atoms with Crippen LogP contribution >= 0.6 is 0 Å². The zero-order valence-corrected chi connectivity index (χ0v) is 16.4. The van der Waals surface area contributed by atoms with E-state index in [9.17, 15) is 9.90 Å². The zero-order valence-electron chi connectivity index (χ0n) is 16.4. The molecule has 0 saturated heterocycles. The van der Waals surface area contributed by atoms with Gasteiger partial charge in [-0.15, -0.1) is 0 Å². The molecule has 4 rings (SSSR count). The van der Waals surface area contributed by atoms with E-state index in [4.69, 9.17) is 9.15 Å². The SMILES string of the molecule is Cc1cc2c(c(=O)o1)C=C1CC[C@H](C(C)CNCc3ccccc3O)C[C@@H]1O2. The van der Waals surface area contributed by atoms with Gasteiger partial charge in [0, 0.05) is 18.2 Å². The minimum atomic E-state index is -0.315. The van der Waals surface area contributed by atoms with Gasteiger partial charge in [-0.05, 0) is 62.3 Å². The number of nitrogens with one attached hydrogen (secondary N) is 1. The molecule has 1 fully saturated rings. The number of rotatable bonds is 5. The molecule has 28 heavy (non-hydrogen) atoms. The second-order valence-electron chi connectivity index (χ2n) is 8.02. The van der Waals surface area contributed by atoms with Crippen LogP contribution < -0.4 is 15.7 Å². The quantitative estimate of drug-likeness (QED) is 0.818. The Bertz CT molecular complexity index is 946. The summed E-state index contributed by atoms with van der Waals surface area (Å²) in [6.45, 7) is 5.60. The third-order valence-corrected chi connectivity index (χ3v) is 5.98. The molecule has 0 bridgehead atoms. The smallest absolute Gasteiger partial charge is 0.346 e. The third-order valence-electron chi connectivity index (χ3n) is 5.98. The molecule has 2 heterocycles. The van der Waals surface area contributed by atoms with Crippen LogP contribution in [-0.4, -0.2) is 17.8 Å². The highest BCUT2D eigenvalue weighted by atomic mass is 16.5. The van der Waals surface area contributed by atoms with E-state index in [0.29, 0.717) is 41.2 Å². The van der Waals surface area contributed by atoms with Crippen LogP contribution in [0.3, 0.4) is 0 Å². The minimum absolute atomic E-state index is 0.0491. The first-order chi connectivity index (χ1) is 13.5. The van der Waals surface area contributed by atoms with Crippen LogP contribution in [0.4, 0.5) is 0 Å². The van der Waals surface area contributed by atoms with E-state index in [1.165, 1.54) is 5.57 Å². The molecule has 5 heteroatoms. The number of benzene rings is 1. The van der Waals surface area contributed by atoms with Crippen molar-refractivity contribution >= 4 is 6.08 Å². The monoisotopic (exact) mass is 381 g/mol. The first-order valence-electron chi connectivity index (χ1n) is 10.0. The predicted octanol–water partition coefficient (Wildman–Crippen LogP) is 4.02. The Morgan fingerprint density at radius 1 is 1.32 bits per heavy atom. The van der Waals surface area contributed by atoms with Gasteiger partial charge in [0.1, 0.15) is 28.9 Å². The van der Waals surface area contributed by atoms with Crippen molar-refractivity contribution in [1.29, 1.82) is 0 Å². The summed E-state index contributed by atoms with van der Waals surface area (Å²) in [5.74, 6) is 2.62. The number of fused-ring (bicyclic) bond motifs is 2. The van der Waals surface area contributed by atoms with Crippen molar-refractivity contribution in [3.8, 4) is 11.5 Å². The number of aryl methyl sites for hydroxylation is 1. The Hall–Kier alpha value is -2.53. The number of hydrogen-bond acceptors (Lipinski definition) is 5. The standard InChI is InChI=1S/C23H27NO4/c1-14(12-24-13-18-5-3-4-6-20(18)25)16-7-8-17-10-19-22(28-21(17)11-16)9-15(2)27-23(19)26/h3-6,9-10,14,16,21,24-25H,7-8,11-13H2,1-2H3/t14?,16-,21-/m0/s1. The molecule has 2 aromatic rings. The molecule has 1 unspecified atom stereocenters. The number of ether oxygens (including phenoxy) is 1. The van der Waals surface area contributed by atoms with Crippen molar-refractivity contribution in [3.05, 3.63) is 63.2 Å². The molecule has 1 aromatic carbocycles. The Kier molecular flexibility index (Phi) is 5.27. The van der Waals surface area contributed by atoms with Crippen LogP contribution in [0.1, 0.15) is 43.1 Å². The highest BCUT2D eigenvalue weighted by Gasteiger charge is 2.33. The first-order valence-corrected chi connectivity index (χ1v) is 10.0. The van der Waals surface area contributed by atoms with Crippen LogP contribution in [-0.2, 0) is 6.54 Å². The van der Waals surface area contributed by atoms with E-state index in [1.807, 2.05) is 30.3 Å². The first kappa shape index (κ1) is 18.8. The van der Waals surface area contributed by atoms with Gasteiger partial charge >= 0.3 is 5.63 Å². The normalized spacial score (nSPS) is 21.9. The van der Waals surface area contributed by atoms with Gasteiger partial charge in [0.15, 0.2) is 0 Å². The molecule has 0 amide bonds. The summed E-state index contributed by atoms with van der Waals surface area (Å²) in [4.78, 5) is 12.1. The predicted molar refractivity (Wildman–Crippen MR) is 108 cm³/mol. The van der Waals surface area contributed by atoms with Crippen LogP contribution in [0, 0.1) is 18.8 Å². The average Bonchev–Trinajstić information content (AvgIpc) is 2.67. The van der Waals surface area contributed by atoms with Crippen LogP contribution in [0.15, 0.2) is 45.1 Å². The molecule has 0 radical (unpaired) electrons. The summed E-state index contributed by atoms with van der Waals surface area (Å²) < 4.78 is 11.4. The van der Waals surface area contributed by atoms with Crippen molar-refractivity contribution < 1.29 is 14.3 Å². The molecule has 2 aliphatic rings. The highest BCUT2D eigenvalue weighted by Crippen LogP contribution is 2.40. The van der Waals surface area contributed by atoms with Crippen LogP contribution in [0.5, 0.6) is 11.5 Å². The maximum Gasteiger partial charge on any atom is 0.346 e. The van der Waals surface area contributed by atoms with Gasteiger partial charge in [-0.1, -0.05) is 25.1 Å². The van der Waals surface area contributed by atoms with Crippen molar-refractivity contribution in [1.82, 2.24) is 5.32 Å². The lowest BCUT2D eigenvalue weighted by Crippen LogP contribution is -2.36. The second-order valence-corrected chi connectivity index (χ2v) is 8.02. The summed E-state index contributed by atoms with van der Waals surface area (Å²) in [5.41, 5.74) is 2.36. The molecule has 2 N–H and O–H groups in total. The lowest BCUT2D eigenvalue weighted by Gasteiger charge is -2.37. The Morgan fingerprint density at radius 3 is 2.96 bits per heavy atom. The van der Waals surface area contributed by atoms with Crippen molar-refractivity contribution in [2.45, 2.75) is 45.8 Å². The van der Waals surface area contributed by atoms with Gasteiger partial charge in [-0.2, -0.15) is 0 Å². The van der Waals surface area contributed by atoms with Crippen molar-refractivity contribution in [2.75, 3.05) is 6.54 Å². The fourth-order valence-electron chi connectivity index (χ4n) is 4.28. The lowest BCUT2D eigenvalue weighted by atomic mass is 9.76. The molecule has 1 saturated carbocycles. The number of phenols is 1. The summed E-state index contributed by atoms with van der Waals surface area (Å²) >= 11 is 0. The zero-order chi connectivity index (χ0) is 19.7. The fourth-order valence-corrected chi connectivity index (χ4v) is 4.28. The van der Waals surface area contributed by atoms with Crippen LogP contribution in [0.2, 0.25) is 0 Å². The largest absolute Gasteiger partial charge is 0.508 e. The number of phenolic OH excluding ortho intramolecular Hbond substituents is 1. The maximum atomic E-state index is 12.1. The average molecular weight is 381 g/mol. The molecule has 0 spiro atoms. The number of aromatic hydroxyl groups is 1. The number of hydrogen-bond donors (Lipinski definition) is 2. The summed E-state index contributed by atoms with van der Waals surface area (Å²) in [5, 5.41) is 13.4. The molecule has 148 valence electrons. The molecular formula is C23H27NO4. The Morgan fingerprint density at radius 2 is 2.14 bits per heavy atom. The summed E-state index contributed by atoms with van der Waals surface area (Å²) in [7, 11) is 0. The summed E-state index contributed by atoms with van der Waals surface area (Å²) in [6.07, 6.45) is 5.03. The van der Waals surface area contributed by atoms with E-state index in [-0.39, 0.29) is 11.7 Å². The number of para-hydroxylation sites is 1. The summed E-state index contributed by atoms with van der Waals surface area (Å²) in [6, 6.07) is 9.25. The Labute approximate surface area is 165 Å². The topological polar surface area (TPSA) is 71.7 Å². The van der Waals surface area contributed by atoms with E-state index in [2.05, 4.69) is 12.2 Å². The highest BCUT2D eigenvalue weighted by molar-refractivity contribution is 5.62. The van der Waals surface area contributed by atoms with E-state index < -0.39 is 0 Å². The molecule has 1 aromatic heterocycles. The van der Waals surface area contributed by atoms with Gasteiger partial charge in [-0.25, -0.2) is 4.79 Å². The molecule has 1 aliphatic heterocycles. The van der Waals surface area contributed by atoms with Crippen molar-refractivity contribution in [2.24, 2.45) is 11.8 Å². The molecule has 3 atom stereocenters. The van der Waals surface area contributed by atoms with Gasteiger partial charge in [0.25, 0.3) is 0 Å². The molecular weight excluding hydrogens is 354 g/mol. The van der Waals surface area contributed by atoms with Gasteiger partial charge < -0.3 is 19.6 Å². The Balaban J connectivity index is 1.36. The minimum Gasteiger partial charge on any atom is -0.508 e. The van der Waals surface area contributed by atoms with Gasteiger partial charge in [-0.3, -0.25) is 0 Å². The third kappa shape index (κ3) is 3.85. The fraction of sp³-hybridized carbons (Fsp3) is 0.435. The van der Waals surface area contributed by atoms with E-state index in [0.717, 1.165) is 31.4 Å². The molecule has 1 aliphatic carbocycles. The maximum absolute atomic E-state index is 12.1. The van der Waals surface area contributed by atoms with Crippen molar-refractivity contribution in [3.63, 3.8) is 0 Å². The molecule has 5 nitrogen and oxygen atoms in total. The second kappa shape index (κ2) is 7.84. The van der Waals surface area contributed by atoms with Crippen LogP contribution in [0.25, 0.3) is 6.08 Å². The van der Waals surface area contributed by atoms with E-state index in [1.54, 1.807) is 13.0 Å².